The first kappa shape index (κ1) is 14.1. The first-order chi connectivity index (χ1) is 7.54. The molecule has 1 aliphatic heterocycles. The summed E-state index contributed by atoms with van der Waals surface area (Å²) >= 11 is 4.00. The molecule has 1 aliphatic rings. The number of halogens is 3. The maximum atomic E-state index is 12.4. The smallest absolute Gasteiger partial charge is 0.379 e. The van der Waals surface area contributed by atoms with Gasteiger partial charge >= 0.3 is 6.18 Å². The third kappa shape index (κ3) is 4.93. The molecule has 1 heterocycles. The molecule has 1 saturated heterocycles. The van der Waals surface area contributed by atoms with Gasteiger partial charge in [0.05, 0.1) is 19.1 Å². The quantitative estimate of drug-likeness (QED) is 0.599. The van der Waals surface area contributed by atoms with Crippen molar-refractivity contribution in [2.75, 3.05) is 38.6 Å². The van der Waals surface area contributed by atoms with E-state index in [-0.39, 0.29) is 12.8 Å². The number of thiol groups is 1. The zero-order valence-corrected chi connectivity index (χ0v) is 10.1. The highest BCUT2D eigenvalue weighted by molar-refractivity contribution is 7.80. The molecule has 1 rings (SSSR count). The molecule has 0 aromatic heterocycles. The lowest BCUT2D eigenvalue weighted by molar-refractivity contribution is -0.185. The number of hydrogen-bond donors (Lipinski definition) is 1. The minimum atomic E-state index is -4.02. The van der Waals surface area contributed by atoms with Crippen LogP contribution in [-0.2, 0) is 4.74 Å². The van der Waals surface area contributed by atoms with Gasteiger partial charge in [-0.05, 0) is 25.9 Å². The molecule has 0 bridgehead atoms. The van der Waals surface area contributed by atoms with E-state index in [9.17, 15) is 13.2 Å². The van der Waals surface area contributed by atoms with Gasteiger partial charge in [0.15, 0.2) is 0 Å². The van der Waals surface area contributed by atoms with E-state index in [1.165, 1.54) is 0 Å². The molecule has 0 aromatic rings. The van der Waals surface area contributed by atoms with Crippen LogP contribution in [0.3, 0.4) is 0 Å². The maximum Gasteiger partial charge on any atom is 0.391 e. The van der Waals surface area contributed by atoms with Gasteiger partial charge in [0.1, 0.15) is 0 Å². The number of alkyl halides is 3. The number of ether oxygens (including phenoxy) is 1. The summed E-state index contributed by atoms with van der Waals surface area (Å²) in [7, 11) is 0. The summed E-state index contributed by atoms with van der Waals surface area (Å²) < 4.78 is 42.3. The fraction of sp³-hybridized carbons (Fsp3) is 1.00. The molecule has 2 nitrogen and oxygen atoms in total. The van der Waals surface area contributed by atoms with E-state index < -0.39 is 12.1 Å². The van der Waals surface area contributed by atoms with Crippen LogP contribution in [0, 0.1) is 5.92 Å². The monoisotopic (exact) mass is 257 g/mol. The highest BCUT2D eigenvalue weighted by atomic mass is 32.1. The summed E-state index contributed by atoms with van der Waals surface area (Å²) in [6.07, 6.45) is -3.58. The van der Waals surface area contributed by atoms with Gasteiger partial charge in [0.2, 0.25) is 0 Å². The SMILES string of the molecule is FC(F)(F)C1CCN(CCOCCS)CC1. The van der Waals surface area contributed by atoms with Gasteiger partial charge in [-0.25, -0.2) is 0 Å². The molecule has 6 heteroatoms. The number of hydrogen-bond acceptors (Lipinski definition) is 3. The second-order valence-electron chi connectivity index (χ2n) is 3.99. The van der Waals surface area contributed by atoms with E-state index in [0.29, 0.717) is 32.1 Å². The van der Waals surface area contributed by atoms with E-state index in [1.807, 2.05) is 4.90 Å². The van der Waals surface area contributed by atoms with E-state index >= 15 is 0 Å². The van der Waals surface area contributed by atoms with Crippen molar-refractivity contribution < 1.29 is 17.9 Å². The Labute approximate surface area is 99.5 Å². The first-order valence-corrected chi connectivity index (χ1v) is 6.15. The van der Waals surface area contributed by atoms with Crippen LogP contribution in [0.25, 0.3) is 0 Å². The van der Waals surface area contributed by atoms with Gasteiger partial charge in [-0.2, -0.15) is 25.8 Å². The normalized spacial score (nSPS) is 20.2. The Morgan fingerprint density at radius 1 is 1.19 bits per heavy atom. The third-order valence-corrected chi connectivity index (χ3v) is 3.02. The summed E-state index contributed by atoms with van der Waals surface area (Å²) in [5, 5.41) is 0. The van der Waals surface area contributed by atoms with Gasteiger partial charge in [0, 0.05) is 12.3 Å². The van der Waals surface area contributed by atoms with Gasteiger partial charge in [-0.3, -0.25) is 0 Å². The lowest BCUT2D eigenvalue weighted by Gasteiger charge is -2.32. The second kappa shape index (κ2) is 6.71. The predicted molar refractivity (Wildman–Crippen MR) is 59.9 cm³/mol. The molecule has 0 saturated carbocycles. The lowest BCUT2D eigenvalue weighted by Crippen LogP contribution is -2.40. The molecular formula is C10H18F3NOS. The predicted octanol–water partition coefficient (Wildman–Crippen LogP) is 2.21. The Hall–Kier alpha value is 0.0600. The van der Waals surface area contributed by atoms with Crippen molar-refractivity contribution in [3.8, 4) is 0 Å². The molecular weight excluding hydrogens is 239 g/mol. The van der Waals surface area contributed by atoms with Gasteiger partial charge in [-0.1, -0.05) is 0 Å². The molecule has 1 fully saturated rings. The van der Waals surface area contributed by atoms with Crippen LogP contribution in [0.2, 0.25) is 0 Å². The first-order valence-electron chi connectivity index (χ1n) is 5.51. The van der Waals surface area contributed by atoms with Crippen molar-refractivity contribution in [3.05, 3.63) is 0 Å². The van der Waals surface area contributed by atoms with Crippen molar-refractivity contribution >= 4 is 12.6 Å². The van der Waals surface area contributed by atoms with Crippen molar-refractivity contribution in [3.63, 3.8) is 0 Å². The average molecular weight is 257 g/mol. The van der Waals surface area contributed by atoms with Crippen molar-refractivity contribution in [1.29, 1.82) is 0 Å². The molecule has 0 aromatic carbocycles. The Balaban J connectivity index is 2.12. The fourth-order valence-electron chi connectivity index (χ4n) is 1.84. The van der Waals surface area contributed by atoms with Crippen molar-refractivity contribution in [2.45, 2.75) is 19.0 Å². The number of piperidine rings is 1. The number of nitrogens with zero attached hydrogens (tertiary/aromatic N) is 1. The molecule has 0 radical (unpaired) electrons. The Morgan fingerprint density at radius 3 is 2.31 bits per heavy atom. The Kier molecular flexibility index (Phi) is 5.92. The van der Waals surface area contributed by atoms with E-state index in [2.05, 4.69) is 12.6 Å². The van der Waals surface area contributed by atoms with Gasteiger partial charge < -0.3 is 9.64 Å². The average Bonchev–Trinajstić information content (AvgIpc) is 2.24. The summed E-state index contributed by atoms with van der Waals surface area (Å²) in [6, 6.07) is 0. The largest absolute Gasteiger partial charge is 0.391 e. The maximum absolute atomic E-state index is 12.4. The molecule has 96 valence electrons. The minimum absolute atomic E-state index is 0.218. The highest BCUT2D eigenvalue weighted by Crippen LogP contribution is 2.33. The second-order valence-corrected chi connectivity index (χ2v) is 4.44. The van der Waals surface area contributed by atoms with Crippen LogP contribution in [0.4, 0.5) is 13.2 Å². The topological polar surface area (TPSA) is 12.5 Å². The van der Waals surface area contributed by atoms with Crippen LogP contribution in [-0.4, -0.2) is 49.7 Å². The molecule has 0 N–H and O–H groups in total. The summed E-state index contributed by atoms with van der Waals surface area (Å²) in [4.78, 5) is 2.03. The third-order valence-electron chi connectivity index (χ3n) is 2.84. The molecule has 0 aliphatic carbocycles. The standard InChI is InChI=1S/C10H18F3NOS/c11-10(12,13)9-1-3-14(4-2-9)5-6-15-7-8-16/h9,16H,1-8H2. The van der Waals surface area contributed by atoms with E-state index in [4.69, 9.17) is 4.74 Å². The molecule has 0 amide bonds. The van der Waals surface area contributed by atoms with Crippen molar-refractivity contribution in [1.82, 2.24) is 4.90 Å². The van der Waals surface area contributed by atoms with Crippen molar-refractivity contribution in [2.24, 2.45) is 5.92 Å². The van der Waals surface area contributed by atoms with Crippen LogP contribution < -0.4 is 0 Å². The van der Waals surface area contributed by atoms with Gasteiger partial charge in [0.25, 0.3) is 0 Å². The highest BCUT2D eigenvalue weighted by Gasteiger charge is 2.40. The zero-order chi connectivity index (χ0) is 12.0. The minimum Gasteiger partial charge on any atom is -0.379 e. The molecule has 0 atom stereocenters. The van der Waals surface area contributed by atoms with Gasteiger partial charge in [-0.15, -0.1) is 0 Å². The van der Waals surface area contributed by atoms with E-state index in [1.54, 1.807) is 0 Å². The van der Waals surface area contributed by atoms with Crippen LogP contribution in [0.1, 0.15) is 12.8 Å². The molecule has 0 spiro atoms. The van der Waals surface area contributed by atoms with Crippen LogP contribution >= 0.6 is 12.6 Å². The fourth-order valence-corrected chi connectivity index (χ4v) is 1.97. The molecule has 0 unspecified atom stereocenters. The van der Waals surface area contributed by atoms with Crippen LogP contribution in [0.15, 0.2) is 0 Å². The Morgan fingerprint density at radius 2 is 1.81 bits per heavy atom. The lowest BCUT2D eigenvalue weighted by atomic mass is 9.96. The summed E-state index contributed by atoms with van der Waals surface area (Å²) in [6.45, 7) is 2.94. The molecule has 16 heavy (non-hydrogen) atoms. The van der Waals surface area contributed by atoms with E-state index in [0.717, 1.165) is 6.54 Å². The zero-order valence-electron chi connectivity index (χ0n) is 9.17. The Bertz CT molecular complexity index is 193. The number of rotatable bonds is 5. The van der Waals surface area contributed by atoms with Crippen LogP contribution in [0.5, 0.6) is 0 Å². The number of likely N-dealkylation sites (tertiary alicyclic amines) is 1. The summed E-state index contributed by atoms with van der Waals surface area (Å²) in [5.41, 5.74) is 0. The summed E-state index contributed by atoms with van der Waals surface area (Å²) in [5.74, 6) is -0.432.